The maximum absolute atomic E-state index is 14.3. The molecule has 0 aliphatic heterocycles. The number of carbonyl (C=O) groups excluding carboxylic acids is 3. The van der Waals surface area contributed by atoms with Gasteiger partial charge in [0.25, 0.3) is 0 Å². The molecule has 0 bridgehead atoms. The molecule has 0 heterocycles. The predicted octanol–water partition coefficient (Wildman–Crippen LogP) is 3.85. The van der Waals surface area contributed by atoms with Crippen molar-refractivity contribution in [3.8, 4) is 0 Å². The Morgan fingerprint density at radius 1 is 0.907 bits per heavy atom. The van der Waals surface area contributed by atoms with Crippen molar-refractivity contribution >= 4 is 28.5 Å². The molecule has 1 unspecified atom stereocenters. The van der Waals surface area contributed by atoms with Gasteiger partial charge in [-0.3, -0.25) is 14.4 Å². The van der Waals surface area contributed by atoms with Gasteiger partial charge in [0.2, 0.25) is 17.7 Å². The van der Waals surface area contributed by atoms with Crippen LogP contribution >= 0.6 is 0 Å². The summed E-state index contributed by atoms with van der Waals surface area (Å²) in [7, 11) is 3.21. The second-order valence-corrected chi connectivity index (χ2v) is 11.7. The SMILES string of the molecule is CCC(C)(N)C/C=C/C(=O)N(C)[C@H](Cc1ccc2ccccc2c1)C(=O)N(C)[C@H](Cc1ccccc1)C(=O)NC[C@@H](C)O. The number of amides is 3. The van der Waals surface area contributed by atoms with Crippen LogP contribution in [0, 0.1) is 0 Å². The van der Waals surface area contributed by atoms with Gasteiger partial charge in [0.1, 0.15) is 12.1 Å². The Morgan fingerprint density at radius 3 is 2.19 bits per heavy atom. The molecule has 0 saturated heterocycles. The number of carbonyl (C=O) groups is 3. The van der Waals surface area contributed by atoms with Crippen molar-refractivity contribution in [2.75, 3.05) is 20.6 Å². The minimum atomic E-state index is -0.874. The van der Waals surface area contributed by atoms with E-state index in [-0.39, 0.29) is 37.1 Å². The second-order valence-electron chi connectivity index (χ2n) is 11.7. The third-order valence-corrected chi connectivity index (χ3v) is 7.96. The van der Waals surface area contributed by atoms with E-state index >= 15 is 0 Å². The minimum absolute atomic E-state index is 0.0632. The first-order valence-electron chi connectivity index (χ1n) is 14.9. The molecule has 3 rings (SSSR count). The molecule has 3 amide bonds. The van der Waals surface area contributed by atoms with Crippen LogP contribution in [0.1, 0.15) is 44.7 Å². The highest BCUT2D eigenvalue weighted by Crippen LogP contribution is 2.20. The third-order valence-electron chi connectivity index (χ3n) is 7.96. The average Bonchev–Trinajstić information content (AvgIpc) is 3.00. The lowest BCUT2D eigenvalue weighted by Gasteiger charge is -2.34. The summed E-state index contributed by atoms with van der Waals surface area (Å²) in [5.41, 5.74) is 7.60. The third kappa shape index (κ3) is 9.76. The summed E-state index contributed by atoms with van der Waals surface area (Å²) < 4.78 is 0. The lowest BCUT2D eigenvalue weighted by atomic mass is 9.96. The lowest BCUT2D eigenvalue weighted by Crippen LogP contribution is -2.56. The molecule has 0 saturated carbocycles. The molecule has 0 fully saturated rings. The Hall–Kier alpha value is -4.01. The summed E-state index contributed by atoms with van der Waals surface area (Å²) in [5.74, 6) is -1.05. The van der Waals surface area contributed by atoms with Gasteiger partial charge >= 0.3 is 0 Å². The zero-order valence-corrected chi connectivity index (χ0v) is 26.0. The maximum Gasteiger partial charge on any atom is 0.246 e. The monoisotopic (exact) mass is 586 g/mol. The average molecular weight is 587 g/mol. The molecular weight excluding hydrogens is 540 g/mol. The molecule has 0 aliphatic rings. The molecule has 3 aromatic carbocycles. The molecule has 43 heavy (non-hydrogen) atoms. The normalized spacial score (nSPS) is 15.0. The number of nitrogens with one attached hydrogen (secondary N) is 1. The van der Waals surface area contributed by atoms with Crippen molar-refractivity contribution in [3.63, 3.8) is 0 Å². The number of nitrogens with two attached hydrogens (primary N) is 1. The van der Waals surface area contributed by atoms with E-state index in [1.54, 1.807) is 27.1 Å². The Balaban J connectivity index is 1.94. The molecule has 0 spiro atoms. The number of hydrogen-bond acceptors (Lipinski definition) is 5. The van der Waals surface area contributed by atoms with E-state index in [1.165, 1.54) is 15.9 Å². The Labute approximate surface area is 255 Å². The first-order valence-corrected chi connectivity index (χ1v) is 14.9. The summed E-state index contributed by atoms with van der Waals surface area (Å²) in [4.78, 5) is 43.9. The van der Waals surface area contributed by atoms with Gasteiger partial charge in [-0.1, -0.05) is 85.8 Å². The summed E-state index contributed by atoms with van der Waals surface area (Å²) in [6.07, 6.45) is 4.32. The van der Waals surface area contributed by atoms with Crippen LogP contribution in [0.5, 0.6) is 0 Å². The van der Waals surface area contributed by atoms with Gasteiger partial charge in [0, 0.05) is 39.0 Å². The van der Waals surface area contributed by atoms with Gasteiger partial charge in [-0.25, -0.2) is 0 Å². The van der Waals surface area contributed by atoms with Gasteiger partial charge in [0.15, 0.2) is 0 Å². The molecule has 8 nitrogen and oxygen atoms in total. The fourth-order valence-electron chi connectivity index (χ4n) is 4.82. The summed E-state index contributed by atoms with van der Waals surface area (Å²) >= 11 is 0. The molecule has 0 radical (unpaired) electrons. The smallest absolute Gasteiger partial charge is 0.246 e. The number of benzene rings is 3. The van der Waals surface area contributed by atoms with Crippen LogP contribution < -0.4 is 11.1 Å². The molecular formula is C35H46N4O4. The van der Waals surface area contributed by atoms with Gasteiger partial charge in [-0.2, -0.15) is 0 Å². The minimum Gasteiger partial charge on any atom is -0.392 e. The van der Waals surface area contributed by atoms with Gasteiger partial charge in [-0.05, 0) is 54.7 Å². The Bertz CT molecular complexity index is 1400. The highest BCUT2D eigenvalue weighted by Gasteiger charge is 2.35. The molecule has 4 atom stereocenters. The number of rotatable bonds is 14. The topological polar surface area (TPSA) is 116 Å². The van der Waals surface area contributed by atoms with Crippen molar-refractivity contribution in [2.24, 2.45) is 5.73 Å². The van der Waals surface area contributed by atoms with E-state index in [0.29, 0.717) is 6.42 Å². The van der Waals surface area contributed by atoms with Crippen LogP contribution in [0.3, 0.4) is 0 Å². The van der Waals surface area contributed by atoms with Crippen LogP contribution in [0.25, 0.3) is 10.8 Å². The van der Waals surface area contributed by atoms with E-state index in [9.17, 15) is 19.5 Å². The van der Waals surface area contributed by atoms with E-state index in [2.05, 4.69) is 5.32 Å². The zero-order chi connectivity index (χ0) is 31.6. The highest BCUT2D eigenvalue weighted by molar-refractivity contribution is 5.95. The van der Waals surface area contributed by atoms with E-state index in [4.69, 9.17) is 5.73 Å². The van der Waals surface area contributed by atoms with Crippen molar-refractivity contribution in [1.82, 2.24) is 15.1 Å². The molecule has 4 N–H and O–H groups in total. The number of hydrogen-bond donors (Lipinski definition) is 3. The fraction of sp³-hybridized carbons (Fsp3) is 0.400. The number of nitrogens with zero attached hydrogens (tertiary/aromatic N) is 2. The van der Waals surface area contributed by atoms with Gasteiger partial charge in [0.05, 0.1) is 6.10 Å². The lowest BCUT2D eigenvalue weighted by molar-refractivity contribution is -0.146. The number of likely N-dealkylation sites (N-methyl/N-ethyl adjacent to an activating group) is 2. The predicted molar refractivity (Wildman–Crippen MR) is 172 cm³/mol. The van der Waals surface area contributed by atoms with E-state index < -0.39 is 23.7 Å². The van der Waals surface area contributed by atoms with Gasteiger partial charge < -0.3 is 26.0 Å². The zero-order valence-electron chi connectivity index (χ0n) is 26.0. The quantitative estimate of drug-likeness (QED) is 0.248. The van der Waals surface area contributed by atoms with Crippen LogP contribution in [-0.2, 0) is 27.2 Å². The van der Waals surface area contributed by atoms with Gasteiger partial charge in [-0.15, -0.1) is 0 Å². The molecule has 3 aromatic rings. The Kier molecular flexibility index (Phi) is 12.0. The Morgan fingerprint density at radius 2 is 1.53 bits per heavy atom. The summed E-state index contributed by atoms with van der Waals surface area (Å²) in [6, 6.07) is 21.7. The van der Waals surface area contributed by atoms with Crippen LogP contribution in [0.4, 0.5) is 0 Å². The van der Waals surface area contributed by atoms with Crippen molar-refractivity contribution in [1.29, 1.82) is 0 Å². The standard InChI is InChI=1S/C35H46N4O4/c1-6-35(3,36)20-12-17-32(41)38(4)31(23-27-18-19-28-15-10-11-16-29(28)21-27)34(43)39(5)30(33(42)37-24-25(2)40)22-26-13-8-7-9-14-26/h7-19,21,25,30-31,40H,6,20,22-24,36H2,1-5H3,(H,37,42)/b17-12+/t25-,30-,31-,35?/m1/s1. The van der Waals surface area contributed by atoms with Crippen LogP contribution in [0.2, 0.25) is 0 Å². The van der Waals surface area contributed by atoms with E-state index in [1.807, 2.05) is 86.6 Å². The van der Waals surface area contributed by atoms with E-state index in [0.717, 1.165) is 28.3 Å². The number of aliphatic hydroxyl groups is 1. The molecule has 0 aromatic heterocycles. The molecule has 8 heteroatoms. The van der Waals surface area contributed by atoms with Crippen LogP contribution in [-0.4, -0.2) is 77.0 Å². The number of fused-ring (bicyclic) bond motifs is 1. The first-order chi connectivity index (χ1) is 20.4. The summed E-state index contributed by atoms with van der Waals surface area (Å²) in [5, 5.41) is 14.6. The van der Waals surface area contributed by atoms with Crippen molar-refractivity contribution in [3.05, 3.63) is 96.1 Å². The van der Waals surface area contributed by atoms with Crippen molar-refractivity contribution in [2.45, 2.75) is 70.2 Å². The maximum atomic E-state index is 14.3. The van der Waals surface area contributed by atoms with Crippen LogP contribution in [0.15, 0.2) is 84.9 Å². The largest absolute Gasteiger partial charge is 0.392 e. The highest BCUT2D eigenvalue weighted by atomic mass is 16.3. The summed E-state index contributed by atoms with van der Waals surface area (Å²) in [6.45, 7) is 5.58. The second kappa shape index (κ2) is 15.5. The fourth-order valence-corrected chi connectivity index (χ4v) is 4.82. The molecule has 230 valence electrons. The van der Waals surface area contributed by atoms with Crippen molar-refractivity contribution < 1.29 is 19.5 Å². The first kappa shape index (κ1) is 33.5. The molecule has 0 aliphatic carbocycles. The number of aliphatic hydroxyl groups excluding tert-OH is 1.